The molecule has 0 saturated carbocycles. The van der Waals surface area contributed by atoms with Crippen molar-refractivity contribution in [2.24, 2.45) is 0 Å². The van der Waals surface area contributed by atoms with Crippen LogP contribution in [0.25, 0.3) is 0 Å². The van der Waals surface area contributed by atoms with Gasteiger partial charge in [-0.15, -0.1) is 0 Å². The molecule has 0 radical (unpaired) electrons. The number of aryl methyl sites for hydroxylation is 3. The van der Waals surface area contributed by atoms with Crippen LogP contribution in [0.5, 0.6) is 0 Å². The smallest absolute Gasteiger partial charge is 0.317 e. The van der Waals surface area contributed by atoms with E-state index in [1.165, 1.54) is 16.7 Å². The van der Waals surface area contributed by atoms with Gasteiger partial charge in [0.25, 0.3) is 0 Å². The molecule has 0 saturated heterocycles. The first-order chi connectivity index (χ1) is 7.50. The van der Waals surface area contributed by atoms with E-state index in [1.807, 2.05) is 0 Å². The van der Waals surface area contributed by atoms with E-state index in [1.54, 1.807) is 0 Å². The number of carboxylic acid groups (broad SMARTS) is 1. The summed E-state index contributed by atoms with van der Waals surface area (Å²) in [6, 6.07) is 6.40. The van der Waals surface area contributed by atoms with E-state index in [9.17, 15) is 4.79 Å². The minimum atomic E-state index is -0.777. The molecule has 88 valence electrons. The zero-order valence-corrected chi connectivity index (χ0v) is 11.3. The van der Waals surface area contributed by atoms with Crippen LogP contribution in [0, 0.1) is 13.8 Å². The molecule has 1 unspecified atom stereocenters. The fraction of sp³-hybridized carbons (Fsp3) is 0.462. The number of carboxylic acids is 1. The van der Waals surface area contributed by atoms with Gasteiger partial charge in [-0.05, 0) is 44.2 Å². The molecule has 1 N–H and O–H groups in total. The lowest BCUT2D eigenvalue weighted by molar-refractivity contribution is -0.136. The van der Waals surface area contributed by atoms with Gasteiger partial charge >= 0.3 is 5.97 Å². The highest BCUT2D eigenvalue weighted by Crippen LogP contribution is 2.16. The maximum atomic E-state index is 10.6. The van der Waals surface area contributed by atoms with Crippen molar-refractivity contribution in [2.45, 2.75) is 37.9 Å². The molecule has 1 atom stereocenters. The quantitative estimate of drug-likeness (QED) is 0.841. The van der Waals surface area contributed by atoms with Gasteiger partial charge in [0.1, 0.15) is 4.83 Å². The third-order valence-electron chi connectivity index (χ3n) is 2.68. The third-order valence-corrected chi connectivity index (χ3v) is 3.53. The zero-order chi connectivity index (χ0) is 12.1. The van der Waals surface area contributed by atoms with Crippen molar-refractivity contribution < 1.29 is 9.90 Å². The van der Waals surface area contributed by atoms with Crippen LogP contribution < -0.4 is 0 Å². The molecule has 16 heavy (non-hydrogen) atoms. The zero-order valence-electron chi connectivity index (χ0n) is 9.66. The number of alkyl halides is 1. The molecule has 1 aromatic carbocycles. The summed E-state index contributed by atoms with van der Waals surface area (Å²) in [6.45, 7) is 4.17. The average Bonchev–Trinajstić information content (AvgIpc) is 2.22. The fourth-order valence-electron chi connectivity index (χ4n) is 1.66. The van der Waals surface area contributed by atoms with E-state index in [0.29, 0.717) is 6.42 Å². The van der Waals surface area contributed by atoms with Crippen molar-refractivity contribution in [3.63, 3.8) is 0 Å². The lowest BCUT2D eigenvalue weighted by Gasteiger charge is -2.08. The van der Waals surface area contributed by atoms with Crippen LogP contribution in [0.2, 0.25) is 0 Å². The van der Waals surface area contributed by atoms with E-state index in [-0.39, 0.29) is 0 Å². The summed E-state index contributed by atoms with van der Waals surface area (Å²) >= 11 is 3.15. The highest BCUT2D eigenvalue weighted by molar-refractivity contribution is 9.10. The summed E-state index contributed by atoms with van der Waals surface area (Å²) in [6.07, 6.45) is 2.51. The second-order valence-electron chi connectivity index (χ2n) is 4.13. The lowest BCUT2D eigenvalue weighted by atomic mass is 10.00. The van der Waals surface area contributed by atoms with Crippen LogP contribution in [-0.4, -0.2) is 15.9 Å². The minimum absolute atomic E-state index is 0.419. The molecule has 1 rings (SSSR count). The second kappa shape index (κ2) is 6.04. The first-order valence-corrected chi connectivity index (χ1v) is 6.35. The molecule has 2 nitrogen and oxygen atoms in total. The molecule has 0 aliphatic rings. The van der Waals surface area contributed by atoms with Gasteiger partial charge in [-0.25, -0.2) is 0 Å². The van der Waals surface area contributed by atoms with Gasteiger partial charge in [0.15, 0.2) is 0 Å². The van der Waals surface area contributed by atoms with Gasteiger partial charge < -0.3 is 5.11 Å². The van der Waals surface area contributed by atoms with Crippen LogP contribution >= 0.6 is 15.9 Å². The average molecular weight is 285 g/mol. The molecule has 0 fully saturated rings. The van der Waals surface area contributed by atoms with E-state index < -0.39 is 10.8 Å². The van der Waals surface area contributed by atoms with E-state index >= 15 is 0 Å². The van der Waals surface area contributed by atoms with Gasteiger partial charge in [-0.2, -0.15) is 0 Å². The van der Waals surface area contributed by atoms with Gasteiger partial charge in [0, 0.05) is 0 Å². The van der Waals surface area contributed by atoms with Crippen molar-refractivity contribution in [3.05, 3.63) is 34.9 Å². The molecular formula is C13H17BrO2. The van der Waals surface area contributed by atoms with Crippen LogP contribution in [0.4, 0.5) is 0 Å². The second-order valence-corrected chi connectivity index (χ2v) is 5.23. The third kappa shape index (κ3) is 3.97. The Kier molecular flexibility index (Phi) is 5.00. The maximum absolute atomic E-state index is 10.6. The standard InChI is InChI=1S/C13H17BrO2/c1-9-6-7-10(2)11(8-9)4-3-5-12(14)13(15)16/h6-8,12H,3-5H2,1-2H3,(H,15,16). The molecule has 3 heteroatoms. The highest BCUT2D eigenvalue weighted by Gasteiger charge is 2.12. The largest absolute Gasteiger partial charge is 0.480 e. The summed E-state index contributed by atoms with van der Waals surface area (Å²) in [5.74, 6) is -0.777. The Morgan fingerprint density at radius 3 is 2.75 bits per heavy atom. The van der Waals surface area contributed by atoms with E-state index in [0.717, 1.165) is 12.8 Å². The Hall–Kier alpha value is -0.830. The minimum Gasteiger partial charge on any atom is -0.480 e. The first-order valence-electron chi connectivity index (χ1n) is 5.43. The number of halogens is 1. The van der Waals surface area contributed by atoms with Gasteiger partial charge in [-0.3, -0.25) is 4.79 Å². The SMILES string of the molecule is Cc1ccc(C)c(CCCC(Br)C(=O)O)c1. The molecule has 0 heterocycles. The fourth-order valence-corrected chi connectivity index (χ4v) is 1.99. The molecular weight excluding hydrogens is 268 g/mol. The van der Waals surface area contributed by atoms with Crippen molar-refractivity contribution in [1.29, 1.82) is 0 Å². The number of carbonyl (C=O) groups is 1. The number of benzene rings is 1. The van der Waals surface area contributed by atoms with Gasteiger partial charge in [0.2, 0.25) is 0 Å². The Labute approximate surface area is 105 Å². The Bertz CT molecular complexity index is 374. The van der Waals surface area contributed by atoms with E-state index in [4.69, 9.17) is 5.11 Å². The predicted octanol–water partition coefficient (Wildman–Crippen LogP) is 3.47. The van der Waals surface area contributed by atoms with Crippen molar-refractivity contribution in [2.75, 3.05) is 0 Å². The Morgan fingerprint density at radius 2 is 2.12 bits per heavy atom. The molecule has 0 amide bonds. The van der Waals surface area contributed by atoms with Crippen molar-refractivity contribution in [3.8, 4) is 0 Å². The van der Waals surface area contributed by atoms with E-state index in [2.05, 4.69) is 48.0 Å². The predicted molar refractivity (Wildman–Crippen MR) is 69.2 cm³/mol. The summed E-state index contributed by atoms with van der Waals surface area (Å²) < 4.78 is 0. The Balaban J connectivity index is 2.48. The number of rotatable bonds is 5. The van der Waals surface area contributed by atoms with Crippen LogP contribution in [0.3, 0.4) is 0 Å². The van der Waals surface area contributed by atoms with Crippen molar-refractivity contribution in [1.82, 2.24) is 0 Å². The van der Waals surface area contributed by atoms with Crippen LogP contribution in [-0.2, 0) is 11.2 Å². The highest BCUT2D eigenvalue weighted by atomic mass is 79.9. The van der Waals surface area contributed by atoms with Crippen molar-refractivity contribution >= 4 is 21.9 Å². The monoisotopic (exact) mass is 284 g/mol. The summed E-state index contributed by atoms with van der Waals surface area (Å²) in [5.41, 5.74) is 3.87. The molecule has 0 spiro atoms. The van der Waals surface area contributed by atoms with Gasteiger partial charge in [-0.1, -0.05) is 39.7 Å². The number of hydrogen-bond donors (Lipinski definition) is 1. The lowest BCUT2D eigenvalue weighted by Crippen LogP contribution is -2.12. The summed E-state index contributed by atoms with van der Waals surface area (Å²) in [4.78, 5) is 10.2. The molecule has 0 aromatic heterocycles. The topological polar surface area (TPSA) is 37.3 Å². The van der Waals surface area contributed by atoms with Gasteiger partial charge in [0.05, 0.1) is 0 Å². The normalized spacial score (nSPS) is 12.4. The number of hydrogen-bond acceptors (Lipinski definition) is 1. The molecule has 0 bridgehead atoms. The van der Waals surface area contributed by atoms with Crippen LogP contribution in [0.15, 0.2) is 18.2 Å². The Morgan fingerprint density at radius 1 is 1.44 bits per heavy atom. The molecule has 1 aromatic rings. The maximum Gasteiger partial charge on any atom is 0.317 e. The first kappa shape index (κ1) is 13.2. The number of aliphatic carboxylic acids is 1. The summed E-state index contributed by atoms with van der Waals surface area (Å²) in [7, 11) is 0. The molecule has 0 aliphatic heterocycles. The molecule has 0 aliphatic carbocycles. The van der Waals surface area contributed by atoms with Crippen LogP contribution in [0.1, 0.15) is 29.5 Å². The summed E-state index contributed by atoms with van der Waals surface area (Å²) in [5, 5.41) is 8.73.